The van der Waals surface area contributed by atoms with Gasteiger partial charge in [-0.2, -0.15) is 5.10 Å². The number of hydrogen-bond donors (Lipinski definition) is 1. The van der Waals surface area contributed by atoms with Gasteiger partial charge in [0.1, 0.15) is 5.75 Å². The van der Waals surface area contributed by atoms with Gasteiger partial charge < -0.3 is 5.11 Å². The second-order valence-electron chi connectivity index (χ2n) is 6.41. The molecule has 1 aromatic carbocycles. The molecule has 1 aliphatic rings. The lowest BCUT2D eigenvalue weighted by Gasteiger charge is -2.32. The van der Waals surface area contributed by atoms with Crippen LogP contribution < -0.4 is 0 Å². The van der Waals surface area contributed by atoms with Gasteiger partial charge in [-0.1, -0.05) is 17.7 Å². The van der Waals surface area contributed by atoms with Crippen LogP contribution >= 0.6 is 0 Å². The smallest absolute Gasteiger partial charge is 0.120 e. The van der Waals surface area contributed by atoms with E-state index in [0.717, 1.165) is 37.7 Å². The number of piperidine rings is 1. The molecule has 22 heavy (non-hydrogen) atoms. The van der Waals surface area contributed by atoms with Crippen molar-refractivity contribution in [3.05, 3.63) is 47.8 Å². The van der Waals surface area contributed by atoms with Crippen molar-refractivity contribution in [3.63, 3.8) is 0 Å². The van der Waals surface area contributed by atoms with Crippen LogP contribution in [0.3, 0.4) is 0 Å². The third-order valence-electron chi connectivity index (χ3n) is 4.66. The molecule has 0 radical (unpaired) electrons. The summed E-state index contributed by atoms with van der Waals surface area (Å²) in [4.78, 5) is 2.46. The second kappa shape index (κ2) is 6.97. The van der Waals surface area contributed by atoms with E-state index >= 15 is 0 Å². The highest BCUT2D eigenvalue weighted by atomic mass is 16.3. The number of aromatic hydroxyl groups is 1. The van der Waals surface area contributed by atoms with Crippen LogP contribution in [0.15, 0.2) is 36.7 Å². The molecule has 1 N–H and O–H groups in total. The SMILES string of the molecule is Cc1ccc(O)c(CN2CCC(CCn3cccn3)CC2)c1. The van der Waals surface area contributed by atoms with Gasteiger partial charge in [-0.25, -0.2) is 0 Å². The van der Waals surface area contributed by atoms with Crippen molar-refractivity contribution in [2.24, 2.45) is 5.92 Å². The lowest BCUT2D eigenvalue weighted by Crippen LogP contribution is -2.33. The Morgan fingerprint density at radius 3 is 2.82 bits per heavy atom. The van der Waals surface area contributed by atoms with E-state index in [-0.39, 0.29) is 0 Å². The summed E-state index contributed by atoms with van der Waals surface area (Å²) in [5, 5.41) is 14.2. The first-order chi connectivity index (χ1) is 10.7. The Hall–Kier alpha value is -1.81. The van der Waals surface area contributed by atoms with Gasteiger partial charge in [-0.15, -0.1) is 0 Å². The van der Waals surface area contributed by atoms with Gasteiger partial charge in [-0.05, 0) is 57.3 Å². The number of likely N-dealkylation sites (tertiary alicyclic amines) is 1. The van der Waals surface area contributed by atoms with Crippen LogP contribution in [0.25, 0.3) is 0 Å². The van der Waals surface area contributed by atoms with Crippen LogP contribution in [-0.2, 0) is 13.1 Å². The van der Waals surface area contributed by atoms with Crippen molar-refractivity contribution in [3.8, 4) is 5.75 Å². The molecule has 1 aromatic heterocycles. The summed E-state index contributed by atoms with van der Waals surface area (Å²) in [6.07, 6.45) is 7.58. The molecule has 1 saturated heterocycles. The number of aromatic nitrogens is 2. The maximum Gasteiger partial charge on any atom is 0.120 e. The number of rotatable bonds is 5. The molecule has 0 amide bonds. The van der Waals surface area contributed by atoms with Gasteiger partial charge >= 0.3 is 0 Å². The van der Waals surface area contributed by atoms with E-state index in [1.807, 2.05) is 35.3 Å². The zero-order valence-electron chi connectivity index (χ0n) is 13.3. The zero-order chi connectivity index (χ0) is 15.4. The van der Waals surface area contributed by atoms with Gasteiger partial charge in [-0.3, -0.25) is 9.58 Å². The topological polar surface area (TPSA) is 41.3 Å². The highest BCUT2D eigenvalue weighted by molar-refractivity contribution is 5.35. The van der Waals surface area contributed by atoms with Crippen molar-refractivity contribution >= 4 is 0 Å². The van der Waals surface area contributed by atoms with E-state index in [2.05, 4.69) is 23.0 Å². The molecular formula is C18H25N3O. The lowest BCUT2D eigenvalue weighted by atomic mass is 9.93. The summed E-state index contributed by atoms with van der Waals surface area (Å²) in [6, 6.07) is 7.85. The van der Waals surface area contributed by atoms with Gasteiger partial charge in [0.05, 0.1) is 0 Å². The van der Waals surface area contributed by atoms with E-state index in [9.17, 15) is 5.11 Å². The fourth-order valence-electron chi connectivity index (χ4n) is 3.26. The van der Waals surface area contributed by atoms with Gasteiger partial charge in [0, 0.05) is 31.0 Å². The maximum absolute atomic E-state index is 9.97. The Labute approximate surface area is 132 Å². The molecule has 0 unspecified atom stereocenters. The van der Waals surface area contributed by atoms with Crippen LogP contribution in [0.4, 0.5) is 0 Å². The molecule has 0 saturated carbocycles. The number of nitrogens with zero attached hydrogens (tertiary/aromatic N) is 3. The Kier molecular flexibility index (Phi) is 4.78. The maximum atomic E-state index is 9.97. The Morgan fingerprint density at radius 1 is 1.27 bits per heavy atom. The Morgan fingerprint density at radius 2 is 2.09 bits per heavy atom. The average Bonchev–Trinajstić information content (AvgIpc) is 3.04. The normalized spacial score (nSPS) is 17.0. The van der Waals surface area contributed by atoms with E-state index in [4.69, 9.17) is 0 Å². The number of phenols is 1. The van der Waals surface area contributed by atoms with Crippen molar-refractivity contribution in [1.29, 1.82) is 0 Å². The number of benzene rings is 1. The fourth-order valence-corrected chi connectivity index (χ4v) is 3.26. The standard InChI is InChI=1S/C18H25N3O/c1-15-3-4-18(22)17(13-15)14-20-10-5-16(6-11-20)7-12-21-9-2-8-19-21/h2-4,8-9,13,16,22H,5-7,10-12,14H2,1H3. The molecule has 2 aromatic rings. The summed E-state index contributed by atoms with van der Waals surface area (Å²) in [5.41, 5.74) is 2.26. The molecule has 1 fully saturated rings. The number of aryl methyl sites for hydroxylation is 2. The molecule has 4 heteroatoms. The molecule has 0 spiro atoms. The first-order valence-electron chi connectivity index (χ1n) is 8.19. The van der Waals surface area contributed by atoms with E-state index in [1.54, 1.807) is 0 Å². The predicted molar refractivity (Wildman–Crippen MR) is 87.7 cm³/mol. The van der Waals surface area contributed by atoms with Gasteiger partial charge in [0.15, 0.2) is 0 Å². The molecule has 0 bridgehead atoms. The molecule has 0 aliphatic carbocycles. The quantitative estimate of drug-likeness (QED) is 0.922. The summed E-state index contributed by atoms with van der Waals surface area (Å²) in [7, 11) is 0. The zero-order valence-corrected chi connectivity index (χ0v) is 13.3. The molecule has 2 heterocycles. The van der Waals surface area contributed by atoms with Crippen LogP contribution in [-0.4, -0.2) is 32.9 Å². The van der Waals surface area contributed by atoms with Crippen LogP contribution in [0, 0.1) is 12.8 Å². The minimum Gasteiger partial charge on any atom is -0.508 e. The first-order valence-corrected chi connectivity index (χ1v) is 8.19. The highest BCUT2D eigenvalue weighted by Crippen LogP contribution is 2.25. The van der Waals surface area contributed by atoms with E-state index in [0.29, 0.717) is 5.75 Å². The van der Waals surface area contributed by atoms with E-state index in [1.165, 1.54) is 24.8 Å². The Bertz CT molecular complexity index is 586. The minimum absolute atomic E-state index is 0.423. The van der Waals surface area contributed by atoms with Crippen molar-refractivity contribution in [2.45, 2.75) is 39.3 Å². The van der Waals surface area contributed by atoms with Crippen molar-refractivity contribution < 1.29 is 5.11 Å². The Balaban J connectivity index is 1.46. The van der Waals surface area contributed by atoms with E-state index < -0.39 is 0 Å². The molecule has 0 atom stereocenters. The van der Waals surface area contributed by atoms with Crippen LogP contribution in [0.1, 0.15) is 30.4 Å². The monoisotopic (exact) mass is 299 g/mol. The molecule has 118 valence electrons. The van der Waals surface area contributed by atoms with Crippen LogP contribution in [0.5, 0.6) is 5.75 Å². The number of phenolic OH excluding ortho intramolecular Hbond substituents is 1. The van der Waals surface area contributed by atoms with Crippen molar-refractivity contribution in [2.75, 3.05) is 13.1 Å². The minimum atomic E-state index is 0.423. The molecule has 4 nitrogen and oxygen atoms in total. The molecule has 1 aliphatic heterocycles. The lowest BCUT2D eigenvalue weighted by molar-refractivity contribution is 0.167. The fraction of sp³-hybridized carbons (Fsp3) is 0.500. The second-order valence-corrected chi connectivity index (χ2v) is 6.41. The summed E-state index contributed by atoms with van der Waals surface area (Å²) in [6.45, 7) is 6.20. The summed E-state index contributed by atoms with van der Waals surface area (Å²) >= 11 is 0. The average molecular weight is 299 g/mol. The molecule has 3 rings (SSSR count). The summed E-state index contributed by atoms with van der Waals surface area (Å²) < 4.78 is 2.02. The van der Waals surface area contributed by atoms with Crippen molar-refractivity contribution in [1.82, 2.24) is 14.7 Å². The number of hydrogen-bond acceptors (Lipinski definition) is 3. The predicted octanol–water partition coefficient (Wildman–Crippen LogP) is 3.20. The third-order valence-corrected chi connectivity index (χ3v) is 4.66. The summed E-state index contributed by atoms with van der Waals surface area (Å²) in [5.74, 6) is 1.22. The molecular weight excluding hydrogens is 274 g/mol. The highest BCUT2D eigenvalue weighted by Gasteiger charge is 2.20. The largest absolute Gasteiger partial charge is 0.508 e. The van der Waals surface area contributed by atoms with Gasteiger partial charge in [0.2, 0.25) is 0 Å². The van der Waals surface area contributed by atoms with Crippen LogP contribution in [0.2, 0.25) is 0 Å². The first kappa shape index (κ1) is 15.1. The third kappa shape index (κ3) is 3.89. The van der Waals surface area contributed by atoms with Gasteiger partial charge in [0.25, 0.3) is 0 Å².